The van der Waals surface area contributed by atoms with Gasteiger partial charge in [0, 0.05) is 41.9 Å². The number of fused-ring (bicyclic) bond motifs is 1. The van der Waals surface area contributed by atoms with Crippen molar-refractivity contribution in [2.45, 2.75) is 99.0 Å². The second kappa shape index (κ2) is 12.4. The molecule has 3 nitrogen and oxygen atoms in total. The predicted octanol–water partition coefficient (Wildman–Crippen LogP) is 8.11. The molecule has 5 atom stereocenters. The summed E-state index contributed by atoms with van der Waals surface area (Å²) in [6.07, 6.45) is 12.7. The molecule has 1 aliphatic heterocycles. The normalized spacial score (nSPS) is 29.8. The highest BCUT2D eigenvalue weighted by Crippen LogP contribution is 2.59. The largest absolute Gasteiger partial charge is 0.501 e. The van der Waals surface area contributed by atoms with Crippen molar-refractivity contribution in [1.82, 2.24) is 8.01 Å². The van der Waals surface area contributed by atoms with Crippen LogP contribution in [0.5, 0.6) is 0 Å². The lowest BCUT2D eigenvalue weighted by Crippen LogP contribution is -2.32. The van der Waals surface area contributed by atoms with E-state index in [-0.39, 0.29) is 5.41 Å². The molecule has 2 unspecified atom stereocenters. The maximum absolute atomic E-state index is 5.99. The van der Waals surface area contributed by atoms with Crippen molar-refractivity contribution >= 4 is 22.9 Å². The fraction of sp³-hybridized carbons (Fsp3) is 0.867. The molecule has 1 heterocycles. The summed E-state index contributed by atoms with van der Waals surface area (Å²) in [5.74, 6) is 5.28. The monoisotopic (exact) mass is 584 g/mol. The molecule has 34 heavy (non-hydrogen) atoms. The van der Waals surface area contributed by atoms with Crippen LogP contribution in [0.25, 0.3) is 0 Å². The van der Waals surface area contributed by atoms with Crippen LogP contribution in [-0.4, -0.2) is 47.8 Å². The molecule has 0 radical (unpaired) electrons. The number of methoxy groups -OCH3 is 1. The average molecular weight is 585 g/mol. The Labute approximate surface area is 225 Å². The van der Waals surface area contributed by atoms with Crippen molar-refractivity contribution in [1.29, 1.82) is 0 Å². The fourth-order valence-corrected chi connectivity index (χ4v) is 7.01. The second-order valence-corrected chi connectivity index (χ2v) is 14.2. The number of halogens is 1. The molecular formula is C30H53IN2O. The molecule has 4 heteroatoms. The van der Waals surface area contributed by atoms with Crippen LogP contribution in [0.1, 0.15) is 92.9 Å². The van der Waals surface area contributed by atoms with E-state index in [4.69, 9.17) is 4.74 Å². The summed E-state index contributed by atoms with van der Waals surface area (Å²) >= 11 is 2.50. The van der Waals surface area contributed by atoms with Crippen LogP contribution in [-0.2, 0) is 4.74 Å². The minimum absolute atomic E-state index is 0.290. The van der Waals surface area contributed by atoms with Gasteiger partial charge in [0.05, 0.1) is 12.9 Å². The van der Waals surface area contributed by atoms with Crippen LogP contribution in [0.3, 0.4) is 0 Å². The van der Waals surface area contributed by atoms with Gasteiger partial charge in [0.1, 0.15) is 0 Å². The summed E-state index contributed by atoms with van der Waals surface area (Å²) in [4.78, 5) is 2.77. The van der Waals surface area contributed by atoms with Gasteiger partial charge in [-0.3, -0.25) is 0 Å². The summed E-state index contributed by atoms with van der Waals surface area (Å²) < 4.78 is 8.40. The number of nitrogens with zero attached hydrogens (tertiary/aromatic N) is 2. The second-order valence-electron chi connectivity index (χ2n) is 12.7. The number of hydrogen-bond acceptors (Lipinski definition) is 3. The number of ether oxygens (including phenoxy) is 1. The van der Waals surface area contributed by atoms with Crippen molar-refractivity contribution in [3.05, 3.63) is 23.0 Å². The SMILES string of the molecule is CC[C@@](C)(CCCC(C)C)C1=C(C2[C@H]3CN(CCC(C)C)CC[C@@H]23)C=C(OC)CC(N(C)I)C1. The van der Waals surface area contributed by atoms with Gasteiger partial charge in [0.15, 0.2) is 0 Å². The van der Waals surface area contributed by atoms with Gasteiger partial charge in [-0.1, -0.05) is 60.0 Å². The summed E-state index contributed by atoms with van der Waals surface area (Å²) in [6, 6.07) is 0.513. The standard InChI is InChI=1S/C30H53IN2O/c1-9-30(6,14-10-11-21(2)3)28-18-23(32(7)31)17-24(34-8)19-26(28)29-25-13-16-33(20-27(25)29)15-12-22(4)5/h19,21-23,25,27,29H,9-18,20H2,1-8H3/t23?,25-,27+,29?,30+/m1/s1. The lowest BCUT2D eigenvalue weighted by atomic mass is 9.70. The minimum Gasteiger partial charge on any atom is -0.501 e. The van der Waals surface area contributed by atoms with Crippen molar-refractivity contribution in [2.24, 2.45) is 35.0 Å². The van der Waals surface area contributed by atoms with E-state index in [9.17, 15) is 0 Å². The smallest absolute Gasteiger partial charge is 0.0974 e. The molecular weight excluding hydrogens is 531 g/mol. The zero-order valence-electron chi connectivity index (χ0n) is 23.5. The molecule has 3 rings (SSSR count). The Morgan fingerprint density at radius 1 is 1.15 bits per heavy atom. The lowest BCUT2D eigenvalue weighted by molar-refractivity contribution is 0.208. The van der Waals surface area contributed by atoms with Gasteiger partial charge < -0.3 is 9.64 Å². The van der Waals surface area contributed by atoms with Crippen LogP contribution in [0, 0.1) is 35.0 Å². The third-order valence-corrected chi connectivity index (χ3v) is 10.1. The maximum atomic E-state index is 5.99. The van der Waals surface area contributed by atoms with Gasteiger partial charge in [-0.25, -0.2) is 3.11 Å². The number of rotatable bonds is 12. The summed E-state index contributed by atoms with van der Waals surface area (Å²) in [7, 11) is 4.13. The van der Waals surface area contributed by atoms with Crippen LogP contribution in [0.15, 0.2) is 23.0 Å². The van der Waals surface area contributed by atoms with Gasteiger partial charge in [0.2, 0.25) is 0 Å². The Balaban J connectivity index is 1.92. The molecule has 0 amide bonds. The van der Waals surface area contributed by atoms with Gasteiger partial charge >= 0.3 is 0 Å². The van der Waals surface area contributed by atoms with Gasteiger partial charge in [-0.2, -0.15) is 0 Å². The molecule has 196 valence electrons. The summed E-state index contributed by atoms with van der Waals surface area (Å²) in [5, 5.41) is 0. The first-order valence-electron chi connectivity index (χ1n) is 14.2. The molecule has 1 saturated heterocycles. The number of hydrogen-bond donors (Lipinski definition) is 0. The van der Waals surface area contributed by atoms with Crippen molar-refractivity contribution in [3.8, 4) is 0 Å². The van der Waals surface area contributed by atoms with Crippen molar-refractivity contribution < 1.29 is 4.74 Å². The van der Waals surface area contributed by atoms with E-state index in [1.165, 1.54) is 70.3 Å². The van der Waals surface area contributed by atoms with E-state index in [0.29, 0.717) is 6.04 Å². The van der Waals surface area contributed by atoms with Gasteiger partial charge in [-0.05, 0) is 98.9 Å². The van der Waals surface area contributed by atoms with Gasteiger partial charge in [-0.15, -0.1) is 0 Å². The van der Waals surface area contributed by atoms with Crippen LogP contribution >= 0.6 is 22.9 Å². The van der Waals surface area contributed by atoms with Gasteiger partial charge in [0.25, 0.3) is 0 Å². The topological polar surface area (TPSA) is 15.7 Å². The predicted molar refractivity (Wildman–Crippen MR) is 155 cm³/mol. The Hall–Kier alpha value is -0.0700. The number of piperidine rings is 1. The number of likely N-dealkylation sites (tertiary alicyclic amines) is 1. The van der Waals surface area contributed by atoms with Crippen LogP contribution in [0.2, 0.25) is 0 Å². The fourth-order valence-electron chi connectivity index (χ4n) is 6.62. The van der Waals surface area contributed by atoms with E-state index < -0.39 is 0 Å². The molecule has 3 aliphatic rings. The van der Waals surface area contributed by atoms with E-state index >= 15 is 0 Å². The average Bonchev–Trinajstić information content (AvgIpc) is 3.53. The summed E-state index contributed by atoms with van der Waals surface area (Å²) in [6.45, 7) is 18.4. The van der Waals surface area contributed by atoms with E-state index in [1.54, 1.807) is 11.1 Å². The van der Waals surface area contributed by atoms with E-state index in [0.717, 1.165) is 36.0 Å². The highest BCUT2D eigenvalue weighted by atomic mass is 127. The minimum atomic E-state index is 0.290. The molecule has 0 aromatic carbocycles. The zero-order valence-corrected chi connectivity index (χ0v) is 25.7. The number of allylic oxidation sites excluding steroid dienone is 2. The quantitative estimate of drug-likeness (QED) is 0.170. The third kappa shape index (κ3) is 7.03. The van der Waals surface area contributed by atoms with Crippen molar-refractivity contribution in [3.63, 3.8) is 0 Å². The zero-order chi connectivity index (χ0) is 25.0. The Bertz CT molecular complexity index is 727. The molecule has 1 saturated carbocycles. The molecule has 0 N–H and O–H groups in total. The maximum Gasteiger partial charge on any atom is 0.0974 e. The molecule has 0 bridgehead atoms. The van der Waals surface area contributed by atoms with Crippen LogP contribution < -0.4 is 0 Å². The lowest BCUT2D eigenvalue weighted by Gasteiger charge is -2.36. The first-order chi connectivity index (χ1) is 16.1. The molecule has 0 aromatic rings. The third-order valence-electron chi connectivity index (χ3n) is 9.29. The Kier molecular flexibility index (Phi) is 10.4. The Morgan fingerprint density at radius 3 is 2.44 bits per heavy atom. The molecule has 0 spiro atoms. The highest BCUT2D eigenvalue weighted by molar-refractivity contribution is 14.1. The van der Waals surface area contributed by atoms with Crippen LogP contribution in [0.4, 0.5) is 0 Å². The van der Waals surface area contributed by atoms with E-state index in [2.05, 4.69) is 85.5 Å². The first kappa shape index (κ1) is 28.5. The van der Waals surface area contributed by atoms with Crippen molar-refractivity contribution in [2.75, 3.05) is 33.8 Å². The molecule has 2 fully saturated rings. The first-order valence-corrected chi connectivity index (χ1v) is 15.1. The molecule has 2 aliphatic carbocycles. The molecule has 0 aromatic heterocycles. The highest BCUT2D eigenvalue weighted by Gasteiger charge is 2.55. The van der Waals surface area contributed by atoms with E-state index in [1.807, 2.05) is 7.11 Å². The summed E-state index contributed by atoms with van der Waals surface area (Å²) in [5.41, 5.74) is 3.75. The Morgan fingerprint density at radius 2 is 1.85 bits per heavy atom.